The van der Waals surface area contributed by atoms with Crippen molar-refractivity contribution in [2.24, 2.45) is 0 Å². The van der Waals surface area contributed by atoms with Gasteiger partial charge in [0.2, 0.25) is 0 Å². The summed E-state index contributed by atoms with van der Waals surface area (Å²) in [6, 6.07) is 0. The molecule has 22 aliphatic heterocycles. The van der Waals surface area contributed by atoms with Gasteiger partial charge in [-0.25, -0.2) is 0 Å². The standard InChI is InChI=1S/C41H68O31/c1-2-3-4-17(48)66-35-28(59)41-65-16(10-47)34(35)72-40-27(58)22(53)32(14(8-45)64-40)70-38-25(56)20(51)30(12(6-43)62-38)68-36-23(54)18(49)29(11(5-42)60-36)67-37-24(55)19(50)31(13(7-44)61-37)69-39-26(57)21(52)33(71-41)15(9-46)63-39/h11-16,18-47,49-59H,2-10H2,1H3/t11-,12-,13-,14-,15-,16-,18-,19-,20-,21-,22-,23-,24-,25-,26-,27-,28-,29-,30-,31-,32-,33-,34+,35-,36-,37-,38-,39-,40-,41-/m1/s1. The molecule has 0 aromatic rings. The van der Waals surface area contributed by atoms with Gasteiger partial charge in [-0.05, 0) is 6.42 Å². The molecule has 22 fully saturated rings. The molecule has 22 heterocycles. The van der Waals surface area contributed by atoms with Crippen LogP contribution in [-0.4, -0.2) is 317 Å². The van der Waals surface area contributed by atoms with E-state index in [1.165, 1.54) is 0 Å². The zero-order valence-corrected chi connectivity index (χ0v) is 38.5. The third-order valence-corrected chi connectivity index (χ3v) is 13.6. The maximum Gasteiger partial charge on any atom is 0.306 e. The molecule has 0 spiro atoms. The van der Waals surface area contributed by atoms with E-state index in [1.807, 2.05) is 0 Å². The predicted molar refractivity (Wildman–Crippen MR) is 219 cm³/mol. The lowest BCUT2D eigenvalue weighted by Crippen LogP contribution is -2.69. The lowest BCUT2D eigenvalue weighted by Gasteiger charge is -2.51. The van der Waals surface area contributed by atoms with Crippen LogP contribution in [0.5, 0.6) is 0 Å². The monoisotopic (exact) mass is 1060 g/mol. The zero-order chi connectivity index (χ0) is 52.5. The number of carbonyl (C=O) groups is 1. The van der Waals surface area contributed by atoms with Gasteiger partial charge in [0.1, 0.15) is 140 Å². The SMILES string of the molecule is CCCCC(=O)O[C@@H]1[C@@H](O)[C@H]2O[C@H]3[C@H](O)[C@@H](O)[C@@H](O[C@H]4[C@H](O)[C@@H](O)[C@@H](O[C@H]5[C@H](O)[C@@H](O)[C@@H](O[C@H]6[C@H](O)[C@@H](O)[C@@H](O[C@H]7[C@H](O)[C@@H](O)[C@@H](O[C@H]1[C@@H](CO)O2)O[C@@H]7CO)O[C@@H]6CO)O[C@@H]5CO)O[C@@H]4CO)O[C@@H]3CO. The van der Waals surface area contributed by atoms with Crippen LogP contribution >= 0.6 is 0 Å². The van der Waals surface area contributed by atoms with E-state index in [0.29, 0.717) is 12.8 Å². The first kappa shape index (κ1) is 58.0. The van der Waals surface area contributed by atoms with Gasteiger partial charge in [0.25, 0.3) is 0 Å². The first-order chi connectivity index (χ1) is 34.4. The normalized spacial score (nSPS) is 51.6. The topological polar surface area (TPSA) is 481 Å². The molecule has 0 radical (unpaired) electrons. The summed E-state index contributed by atoms with van der Waals surface area (Å²) in [5.74, 6) is -0.913. The van der Waals surface area contributed by atoms with Gasteiger partial charge >= 0.3 is 5.97 Å². The van der Waals surface area contributed by atoms with Crippen LogP contribution in [0.1, 0.15) is 26.2 Å². The van der Waals surface area contributed by atoms with Gasteiger partial charge in [-0.1, -0.05) is 13.3 Å². The smallest absolute Gasteiger partial charge is 0.306 e. The number of aliphatic hydroxyl groups is 17. The third kappa shape index (κ3) is 11.7. The summed E-state index contributed by atoms with van der Waals surface area (Å²) in [6.45, 7) is -4.32. The summed E-state index contributed by atoms with van der Waals surface area (Å²) in [4.78, 5) is 13.1. The van der Waals surface area contributed by atoms with Gasteiger partial charge in [0.15, 0.2) is 43.8 Å². The molecular weight excluding hydrogens is 988 g/mol. The Hall–Kier alpha value is -1.69. The maximum absolute atomic E-state index is 13.1. The van der Waals surface area contributed by atoms with Gasteiger partial charge in [-0.15, -0.1) is 0 Å². The van der Waals surface area contributed by atoms with E-state index in [9.17, 15) is 91.6 Å². The van der Waals surface area contributed by atoms with Crippen molar-refractivity contribution in [3.05, 3.63) is 0 Å². The first-order valence-corrected chi connectivity index (χ1v) is 23.5. The molecule has 72 heavy (non-hydrogen) atoms. The third-order valence-electron chi connectivity index (χ3n) is 13.6. The number of carbonyl (C=O) groups excluding carboxylic acids is 1. The van der Waals surface area contributed by atoms with Crippen molar-refractivity contribution in [1.82, 2.24) is 0 Å². The number of rotatable bonds is 10. The minimum absolute atomic E-state index is 0.203. The largest absolute Gasteiger partial charge is 0.456 e. The molecule has 0 aliphatic carbocycles. The van der Waals surface area contributed by atoms with Crippen molar-refractivity contribution < 1.29 is 153 Å². The summed E-state index contributed by atoms with van der Waals surface area (Å²) in [5.41, 5.74) is 0. The van der Waals surface area contributed by atoms with Crippen LogP contribution in [0.4, 0.5) is 0 Å². The average Bonchev–Trinajstić information content (AvgIpc) is 3.37. The Morgan fingerprint density at radius 1 is 0.333 bits per heavy atom. The molecule has 31 heteroatoms. The van der Waals surface area contributed by atoms with Gasteiger partial charge in [-0.2, -0.15) is 0 Å². The summed E-state index contributed by atoms with van der Waals surface area (Å²) >= 11 is 0. The van der Waals surface area contributed by atoms with E-state index in [1.54, 1.807) is 6.92 Å². The lowest BCUT2D eigenvalue weighted by molar-refractivity contribution is -0.404. The number of unbranched alkanes of at least 4 members (excludes halogenated alkanes) is 1. The zero-order valence-electron chi connectivity index (χ0n) is 38.5. The van der Waals surface area contributed by atoms with Crippen molar-refractivity contribution in [2.45, 2.75) is 210 Å². The minimum atomic E-state index is -2.19. The highest BCUT2D eigenvalue weighted by Crippen LogP contribution is 2.38. The van der Waals surface area contributed by atoms with Crippen LogP contribution in [0.2, 0.25) is 0 Å². The molecule has 0 amide bonds. The molecule has 31 nitrogen and oxygen atoms in total. The molecule has 30 atom stereocenters. The molecule has 0 unspecified atom stereocenters. The van der Waals surface area contributed by atoms with E-state index in [0.717, 1.165) is 0 Å². The summed E-state index contributed by atoms with van der Waals surface area (Å²) in [5, 5.41) is 187. The average molecular weight is 1060 g/mol. The molecular formula is C41H68O31. The quantitative estimate of drug-likeness (QED) is 0.0903. The van der Waals surface area contributed by atoms with Crippen LogP contribution in [0, 0.1) is 0 Å². The van der Waals surface area contributed by atoms with Crippen LogP contribution in [-0.2, 0) is 66.4 Å². The molecule has 0 aromatic heterocycles. The Morgan fingerprint density at radius 3 is 0.792 bits per heavy atom. The van der Waals surface area contributed by atoms with Gasteiger partial charge < -0.3 is 148 Å². The molecule has 22 rings (SSSR count). The minimum Gasteiger partial charge on any atom is -0.456 e. The van der Waals surface area contributed by atoms with Crippen LogP contribution in [0.15, 0.2) is 0 Å². The Kier molecular flexibility index (Phi) is 20.3. The van der Waals surface area contributed by atoms with E-state index >= 15 is 0 Å². The van der Waals surface area contributed by atoms with E-state index in [-0.39, 0.29) is 6.42 Å². The number of esters is 1. The van der Waals surface area contributed by atoms with Crippen LogP contribution < -0.4 is 0 Å². The fourth-order valence-electron chi connectivity index (χ4n) is 9.58. The number of aliphatic hydroxyl groups excluding tert-OH is 17. The van der Waals surface area contributed by atoms with Crippen LogP contribution in [0.3, 0.4) is 0 Å². The second kappa shape index (κ2) is 25.2. The van der Waals surface area contributed by atoms with Gasteiger partial charge in [0.05, 0.1) is 39.6 Å². The van der Waals surface area contributed by atoms with Crippen molar-refractivity contribution in [2.75, 3.05) is 39.6 Å². The highest BCUT2D eigenvalue weighted by molar-refractivity contribution is 5.69. The highest BCUT2D eigenvalue weighted by Gasteiger charge is 2.59. The van der Waals surface area contributed by atoms with E-state index in [4.69, 9.17) is 61.6 Å². The number of hydrogen-bond donors (Lipinski definition) is 17. The molecule has 12 bridgehead atoms. The maximum atomic E-state index is 13.1. The van der Waals surface area contributed by atoms with Crippen molar-refractivity contribution in [3.8, 4) is 0 Å². The van der Waals surface area contributed by atoms with E-state index in [2.05, 4.69) is 0 Å². The second-order valence-corrected chi connectivity index (χ2v) is 18.4. The van der Waals surface area contributed by atoms with Crippen molar-refractivity contribution in [1.29, 1.82) is 0 Å². The number of ether oxygens (including phenoxy) is 13. The van der Waals surface area contributed by atoms with Gasteiger partial charge in [0, 0.05) is 6.42 Å². The Bertz CT molecular complexity index is 1680. The molecule has 17 N–H and O–H groups in total. The molecule has 0 saturated carbocycles. The molecule has 22 aliphatic rings. The predicted octanol–water partition coefficient (Wildman–Crippen LogP) is -11.3. The Morgan fingerprint density at radius 2 is 0.556 bits per heavy atom. The molecule has 0 aromatic carbocycles. The Balaban J connectivity index is 1.22. The van der Waals surface area contributed by atoms with Crippen molar-refractivity contribution in [3.63, 3.8) is 0 Å². The lowest BCUT2D eigenvalue weighted by atomic mass is 9.94. The first-order valence-electron chi connectivity index (χ1n) is 23.5. The molecule has 22 saturated heterocycles. The summed E-state index contributed by atoms with van der Waals surface area (Å²) in [6.07, 6.45) is -58.3. The fourth-order valence-corrected chi connectivity index (χ4v) is 9.58. The molecule has 418 valence electrons. The van der Waals surface area contributed by atoms with Crippen LogP contribution in [0.25, 0.3) is 0 Å². The number of hydrogen-bond acceptors (Lipinski definition) is 31. The summed E-state index contributed by atoms with van der Waals surface area (Å²) in [7, 11) is 0. The second-order valence-electron chi connectivity index (χ2n) is 18.4. The summed E-state index contributed by atoms with van der Waals surface area (Å²) < 4.78 is 74.7. The fraction of sp³-hybridized carbons (Fsp3) is 0.976. The highest BCUT2D eigenvalue weighted by atomic mass is 16.8. The Labute approximate surface area is 408 Å². The van der Waals surface area contributed by atoms with Crippen molar-refractivity contribution >= 4 is 5.97 Å². The van der Waals surface area contributed by atoms with E-state index < -0.39 is 230 Å². The van der Waals surface area contributed by atoms with Gasteiger partial charge in [-0.3, -0.25) is 4.79 Å².